The Morgan fingerprint density at radius 1 is 0.854 bits per heavy atom. The van der Waals surface area contributed by atoms with Crippen molar-refractivity contribution in [3.05, 3.63) is 89.6 Å². The van der Waals surface area contributed by atoms with E-state index in [1.165, 1.54) is 0 Å². The van der Waals surface area contributed by atoms with Gasteiger partial charge in [0.2, 0.25) is 0 Å². The lowest BCUT2D eigenvalue weighted by atomic mass is 9.99. The minimum Gasteiger partial charge on any atom is -0.481 e. The first kappa shape index (κ1) is 29.1. The molecule has 0 bridgehead atoms. The molecule has 4 aromatic rings. The molecule has 0 aliphatic carbocycles. The Bertz CT molecular complexity index is 1590. The van der Waals surface area contributed by atoms with Crippen molar-refractivity contribution in [2.45, 2.75) is 27.3 Å². The zero-order valence-electron chi connectivity index (χ0n) is 23.4. The number of ketones is 1. The van der Waals surface area contributed by atoms with E-state index in [1.54, 1.807) is 24.0 Å². The van der Waals surface area contributed by atoms with Crippen LogP contribution in [0.3, 0.4) is 0 Å². The highest BCUT2D eigenvalue weighted by Crippen LogP contribution is 2.35. The maximum atomic E-state index is 13.0. The van der Waals surface area contributed by atoms with Crippen molar-refractivity contribution in [2.24, 2.45) is 5.73 Å². The molecule has 0 saturated heterocycles. The fourth-order valence-corrected chi connectivity index (χ4v) is 4.93. The van der Waals surface area contributed by atoms with Crippen LogP contribution in [0.5, 0.6) is 5.75 Å². The first-order valence-electron chi connectivity index (χ1n) is 13.4. The Kier molecular flexibility index (Phi) is 9.19. The number of likely N-dealkylation sites (N-methyl/N-ethyl adjacent to an activating group) is 1. The van der Waals surface area contributed by atoms with Crippen LogP contribution in [0.15, 0.2) is 72.8 Å². The number of aromatic nitrogens is 1. The number of carbonyl (C=O) groups excluding carboxylic acids is 4. The summed E-state index contributed by atoms with van der Waals surface area (Å²) in [7, 11) is 0. The first-order valence-corrected chi connectivity index (χ1v) is 13.4. The summed E-state index contributed by atoms with van der Waals surface area (Å²) in [5, 5.41) is 0.373. The van der Waals surface area contributed by atoms with E-state index < -0.39 is 30.9 Å². The Labute approximate surface area is 238 Å². The van der Waals surface area contributed by atoms with Crippen LogP contribution in [-0.4, -0.2) is 59.3 Å². The summed E-state index contributed by atoms with van der Waals surface area (Å²) in [6, 6.07) is 23.1. The van der Waals surface area contributed by atoms with Crippen molar-refractivity contribution >= 4 is 34.5 Å². The van der Waals surface area contributed by atoms with Crippen LogP contribution in [0.1, 0.15) is 35.5 Å². The average Bonchev–Trinajstić information content (AvgIpc) is 3.27. The molecular formula is C32H33N3O6. The highest BCUT2D eigenvalue weighted by molar-refractivity contribution is 6.45. The van der Waals surface area contributed by atoms with Crippen LogP contribution < -0.4 is 10.5 Å². The summed E-state index contributed by atoms with van der Waals surface area (Å²) < 4.78 is 12.8. The van der Waals surface area contributed by atoms with Gasteiger partial charge >= 0.3 is 5.97 Å². The summed E-state index contributed by atoms with van der Waals surface area (Å²) >= 11 is 0. The van der Waals surface area contributed by atoms with Gasteiger partial charge in [-0.3, -0.25) is 14.4 Å². The molecule has 0 fully saturated rings. The molecule has 9 nitrogen and oxygen atoms in total. The molecule has 4 rings (SSSR count). The number of carbonyl (C=O) groups is 4. The summed E-state index contributed by atoms with van der Waals surface area (Å²) in [6.07, 6.45) is 0. The second-order valence-corrected chi connectivity index (χ2v) is 9.43. The van der Waals surface area contributed by atoms with Crippen LogP contribution in [0.2, 0.25) is 0 Å². The maximum Gasteiger partial charge on any atom is 0.344 e. The second-order valence-electron chi connectivity index (χ2n) is 9.43. The Balaban J connectivity index is 1.68. The van der Waals surface area contributed by atoms with Gasteiger partial charge < -0.3 is 24.7 Å². The number of benzene rings is 3. The van der Waals surface area contributed by atoms with Crippen molar-refractivity contribution < 1.29 is 28.7 Å². The topological polar surface area (TPSA) is 121 Å². The molecule has 0 aliphatic heterocycles. The van der Waals surface area contributed by atoms with Gasteiger partial charge in [0.1, 0.15) is 5.75 Å². The van der Waals surface area contributed by atoms with E-state index in [2.05, 4.69) is 0 Å². The van der Waals surface area contributed by atoms with E-state index in [1.807, 2.05) is 79.1 Å². The monoisotopic (exact) mass is 555 g/mol. The standard InChI is InChI=1S/C32H33N3O6/c1-4-34(5-2)27(36)19-41-28(37)20-40-26-17-11-16-25-30(26)29(31(38)32(33)39)21(3)35(25)18-23-14-9-10-15-24(23)22-12-7-6-8-13-22/h6-17H,4-5,18-20H2,1-3H3,(H2,33,39). The second kappa shape index (κ2) is 13.0. The zero-order chi connectivity index (χ0) is 29.5. The van der Waals surface area contributed by atoms with Gasteiger partial charge in [-0.2, -0.15) is 0 Å². The van der Waals surface area contributed by atoms with E-state index in [0.717, 1.165) is 16.7 Å². The number of hydrogen-bond acceptors (Lipinski definition) is 6. The molecule has 2 N–H and O–H groups in total. The molecule has 1 heterocycles. The molecule has 0 radical (unpaired) electrons. The molecule has 0 atom stereocenters. The van der Waals surface area contributed by atoms with E-state index in [9.17, 15) is 19.2 Å². The maximum absolute atomic E-state index is 13.0. The lowest BCUT2D eigenvalue weighted by Gasteiger charge is -2.18. The van der Waals surface area contributed by atoms with E-state index >= 15 is 0 Å². The van der Waals surface area contributed by atoms with Crippen molar-refractivity contribution in [3.8, 4) is 16.9 Å². The molecule has 2 amide bonds. The summed E-state index contributed by atoms with van der Waals surface area (Å²) in [5.74, 6) is -2.77. The molecule has 0 unspecified atom stereocenters. The number of esters is 1. The largest absolute Gasteiger partial charge is 0.481 e. The van der Waals surface area contributed by atoms with Gasteiger partial charge in [-0.15, -0.1) is 0 Å². The third kappa shape index (κ3) is 6.30. The predicted octanol–water partition coefficient (Wildman–Crippen LogP) is 4.12. The number of ether oxygens (including phenoxy) is 2. The number of nitrogens with zero attached hydrogens (tertiary/aromatic N) is 2. The van der Waals surface area contributed by atoms with Crippen molar-refractivity contribution in [2.75, 3.05) is 26.3 Å². The molecule has 0 spiro atoms. The molecule has 212 valence electrons. The van der Waals surface area contributed by atoms with Crippen molar-refractivity contribution in [3.63, 3.8) is 0 Å². The number of Topliss-reactive ketones (excluding diaryl/α,β-unsaturated/α-hetero) is 1. The van der Waals surface area contributed by atoms with Gasteiger partial charge in [0.25, 0.3) is 17.6 Å². The fourth-order valence-electron chi connectivity index (χ4n) is 4.93. The van der Waals surface area contributed by atoms with Gasteiger partial charge in [-0.05, 0) is 49.6 Å². The molecule has 0 aliphatic rings. The van der Waals surface area contributed by atoms with Gasteiger partial charge in [0, 0.05) is 25.3 Å². The van der Waals surface area contributed by atoms with Gasteiger partial charge in [0.15, 0.2) is 13.2 Å². The predicted molar refractivity (Wildman–Crippen MR) is 156 cm³/mol. The zero-order valence-corrected chi connectivity index (χ0v) is 23.4. The van der Waals surface area contributed by atoms with E-state index in [-0.39, 0.29) is 17.2 Å². The number of hydrogen-bond donors (Lipinski definition) is 1. The molecule has 9 heteroatoms. The Morgan fingerprint density at radius 3 is 2.22 bits per heavy atom. The Hall–Kier alpha value is -4.92. The minimum atomic E-state index is -1.10. The highest BCUT2D eigenvalue weighted by Gasteiger charge is 2.27. The van der Waals surface area contributed by atoms with Crippen LogP contribution in [-0.2, 0) is 25.7 Å². The number of primary amides is 1. The van der Waals surface area contributed by atoms with Gasteiger partial charge in [-0.25, -0.2) is 4.79 Å². The molecule has 0 saturated carbocycles. The first-order chi connectivity index (χ1) is 19.8. The smallest absolute Gasteiger partial charge is 0.344 e. The number of rotatable bonds is 12. The van der Waals surface area contributed by atoms with Crippen LogP contribution in [0.25, 0.3) is 22.0 Å². The fraction of sp³-hybridized carbons (Fsp3) is 0.250. The number of amides is 2. The summed E-state index contributed by atoms with van der Waals surface area (Å²) in [4.78, 5) is 51.2. The van der Waals surface area contributed by atoms with Gasteiger partial charge in [0.05, 0.1) is 16.5 Å². The van der Waals surface area contributed by atoms with Crippen LogP contribution >= 0.6 is 0 Å². The normalized spacial score (nSPS) is 10.8. The molecule has 3 aromatic carbocycles. The minimum absolute atomic E-state index is 0.116. The van der Waals surface area contributed by atoms with Crippen LogP contribution in [0, 0.1) is 6.92 Å². The summed E-state index contributed by atoms with van der Waals surface area (Å²) in [5.41, 5.74) is 9.81. The molecule has 1 aromatic heterocycles. The third-order valence-corrected chi connectivity index (χ3v) is 7.01. The highest BCUT2D eigenvalue weighted by atomic mass is 16.6. The van der Waals surface area contributed by atoms with Crippen molar-refractivity contribution in [1.82, 2.24) is 9.47 Å². The van der Waals surface area contributed by atoms with Crippen molar-refractivity contribution in [1.29, 1.82) is 0 Å². The molecular weight excluding hydrogens is 522 g/mol. The van der Waals surface area contributed by atoms with E-state index in [4.69, 9.17) is 15.2 Å². The van der Waals surface area contributed by atoms with Crippen LogP contribution in [0.4, 0.5) is 0 Å². The lowest BCUT2D eigenvalue weighted by molar-refractivity contribution is -0.153. The number of nitrogens with two attached hydrogens (primary N) is 1. The SMILES string of the molecule is CCN(CC)C(=O)COC(=O)COc1cccc2c1c(C(=O)C(N)=O)c(C)n2Cc1ccccc1-c1ccccc1. The quantitative estimate of drug-likeness (QED) is 0.159. The average molecular weight is 556 g/mol. The van der Waals surface area contributed by atoms with Gasteiger partial charge in [-0.1, -0.05) is 60.7 Å². The lowest BCUT2D eigenvalue weighted by Crippen LogP contribution is -2.34. The molecule has 41 heavy (non-hydrogen) atoms. The third-order valence-electron chi connectivity index (χ3n) is 7.01. The Morgan fingerprint density at radius 2 is 1.54 bits per heavy atom. The summed E-state index contributed by atoms with van der Waals surface area (Å²) in [6.45, 7) is 5.96. The van der Waals surface area contributed by atoms with E-state index in [0.29, 0.717) is 36.2 Å². The number of fused-ring (bicyclic) bond motifs is 1.